The molecule has 2 unspecified atom stereocenters. The van der Waals surface area contributed by atoms with Gasteiger partial charge in [0.2, 0.25) is 0 Å². The molecular formula is C21H17F6N7O3S. The second-order valence-electron chi connectivity index (χ2n) is 8.66. The Hall–Kier alpha value is -3.76. The van der Waals surface area contributed by atoms with E-state index in [1.165, 1.54) is 18.5 Å². The highest BCUT2D eigenvalue weighted by Crippen LogP contribution is 2.44. The third-order valence-corrected chi connectivity index (χ3v) is 7.84. The number of nitrogens with one attached hydrogen (secondary N) is 1. The molecule has 2 atom stereocenters. The summed E-state index contributed by atoms with van der Waals surface area (Å²) in [4.78, 5) is 24.6. The maximum Gasteiger partial charge on any atom is 0.433 e. The molecule has 0 radical (unpaired) electrons. The molecule has 5 rings (SSSR count). The second kappa shape index (κ2) is 8.37. The largest absolute Gasteiger partial charge is 0.433 e. The Morgan fingerprint density at radius 3 is 2.50 bits per heavy atom. The number of pyridine rings is 1. The van der Waals surface area contributed by atoms with Crippen LogP contribution in [0.5, 0.6) is 0 Å². The highest BCUT2D eigenvalue weighted by molar-refractivity contribution is 7.91. The Balaban J connectivity index is 1.68. The minimum Gasteiger partial charge on any atom is -0.347 e. The molecule has 38 heavy (non-hydrogen) atoms. The van der Waals surface area contributed by atoms with E-state index in [1.807, 2.05) is 0 Å². The zero-order valence-corrected chi connectivity index (χ0v) is 20.3. The number of hydrogen-bond acceptors (Lipinski definition) is 7. The van der Waals surface area contributed by atoms with E-state index >= 15 is 0 Å². The van der Waals surface area contributed by atoms with Gasteiger partial charge in [0.05, 0.1) is 28.9 Å². The van der Waals surface area contributed by atoms with Crippen LogP contribution in [0, 0.1) is 5.92 Å². The van der Waals surface area contributed by atoms with Gasteiger partial charge in [0.1, 0.15) is 22.8 Å². The summed E-state index contributed by atoms with van der Waals surface area (Å²) in [6, 6.07) is 0.716. The number of carbonyl (C=O) groups is 1. The van der Waals surface area contributed by atoms with Gasteiger partial charge in [-0.1, -0.05) is 6.92 Å². The average molecular weight is 561 g/mol. The number of imidazole rings is 1. The fraction of sp³-hybridized carbons (Fsp3) is 0.381. The molecule has 0 aliphatic heterocycles. The van der Waals surface area contributed by atoms with Crippen molar-refractivity contribution in [1.29, 1.82) is 0 Å². The van der Waals surface area contributed by atoms with Gasteiger partial charge in [0.25, 0.3) is 5.91 Å². The number of fused-ring (bicyclic) bond motifs is 2. The van der Waals surface area contributed by atoms with Crippen LogP contribution in [0.25, 0.3) is 28.1 Å². The number of carbonyl (C=O) groups excluding carboxylic acids is 1. The van der Waals surface area contributed by atoms with Crippen molar-refractivity contribution in [3.8, 4) is 11.4 Å². The third-order valence-electron chi connectivity index (χ3n) is 6.20. The topological polar surface area (TPSA) is 124 Å². The van der Waals surface area contributed by atoms with Gasteiger partial charge in [0.15, 0.2) is 20.5 Å². The van der Waals surface area contributed by atoms with Crippen LogP contribution >= 0.6 is 0 Å². The molecule has 1 amide bonds. The molecule has 0 aromatic carbocycles. The van der Waals surface area contributed by atoms with Gasteiger partial charge in [-0.3, -0.25) is 4.79 Å². The van der Waals surface area contributed by atoms with Crippen LogP contribution < -0.4 is 5.32 Å². The Morgan fingerprint density at radius 2 is 1.89 bits per heavy atom. The van der Waals surface area contributed by atoms with Crippen LogP contribution in [-0.2, 0) is 23.1 Å². The molecule has 10 nitrogen and oxygen atoms in total. The van der Waals surface area contributed by atoms with Crippen molar-refractivity contribution in [2.45, 2.75) is 36.8 Å². The summed E-state index contributed by atoms with van der Waals surface area (Å²) in [5.74, 6) is -3.17. The molecule has 0 saturated heterocycles. The zero-order valence-electron chi connectivity index (χ0n) is 19.5. The Kier molecular flexibility index (Phi) is 5.70. The molecule has 1 aliphatic carbocycles. The van der Waals surface area contributed by atoms with E-state index in [9.17, 15) is 39.6 Å². The van der Waals surface area contributed by atoms with Crippen molar-refractivity contribution in [3.05, 3.63) is 35.9 Å². The van der Waals surface area contributed by atoms with E-state index in [1.54, 1.807) is 0 Å². The first-order valence-corrected chi connectivity index (χ1v) is 12.7. The molecule has 1 aliphatic rings. The van der Waals surface area contributed by atoms with Gasteiger partial charge < -0.3 is 9.88 Å². The summed E-state index contributed by atoms with van der Waals surface area (Å²) in [5, 5.41) is 5.76. The molecule has 1 saturated carbocycles. The lowest BCUT2D eigenvalue weighted by Crippen LogP contribution is -2.31. The van der Waals surface area contributed by atoms with Gasteiger partial charge in [0, 0.05) is 19.3 Å². The number of rotatable bonds is 5. The summed E-state index contributed by atoms with van der Waals surface area (Å²) in [6.45, 7) is 1.34. The maximum atomic E-state index is 13.2. The van der Waals surface area contributed by atoms with Crippen molar-refractivity contribution >= 4 is 32.4 Å². The predicted molar refractivity (Wildman–Crippen MR) is 119 cm³/mol. The van der Waals surface area contributed by atoms with Gasteiger partial charge in [-0.15, -0.1) is 0 Å². The first-order chi connectivity index (χ1) is 17.6. The van der Waals surface area contributed by atoms with Gasteiger partial charge in [-0.2, -0.15) is 31.4 Å². The van der Waals surface area contributed by atoms with E-state index in [4.69, 9.17) is 0 Å². The van der Waals surface area contributed by atoms with Gasteiger partial charge >= 0.3 is 12.4 Å². The standard InChI is InChI=1S/C21H17F6N7O3S/c1-3-38(36,37)19-15(17-30-11-7-14(21(25,26)27)29-8-13(11)33(17)2)16-28-5-4-12(34(16)32-19)18(35)31-10-6-9(10)20(22,23)24/h4-5,7-10H,3,6H2,1-2H3,(H,31,35). The lowest BCUT2D eigenvalue weighted by molar-refractivity contribution is -0.148. The number of alkyl halides is 6. The van der Waals surface area contributed by atoms with Crippen molar-refractivity contribution < 1.29 is 39.6 Å². The molecule has 1 N–H and O–H groups in total. The number of aromatic nitrogens is 6. The van der Waals surface area contributed by atoms with E-state index in [0.29, 0.717) is 6.07 Å². The van der Waals surface area contributed by atoms with E-state index in [-0.39, 0.29) is 40.2 Å². The number of aryl methyl sites for hydroxylation is 1. The normalized spacial score (nSPS) is 18.3. The summed E-state index contributed by atoms with van der Waals surface area (Å²) < 4.78 is 106. The lowest BCUT2D eigenvalue weighted by atomic mass is 10.3. The molecular weight excluding hydrogens is 544 g/mol. The minimum absolute atomic E-state index is 0.118. The molecule has 1 fully saturated rings. The average Bonchev–Trinajstić information content (AvgIpc) is 3.40. The zero-order chi connectivity index (χ0) is 27.8. The first-order valence-electron chi connectivity index (χ1n) is 11.0. The van der Waals surface area contributed by atoms with Crippen molar-refractivity contribution in [1.82, 2.24) is 34.4 Å². The third kappa shape index (κ3) is 4.23. The van der Waals surface area contributed by atoms with Crippen molar-refractivity contribution in [2.75, 3.05) is 5.75 Å². The van der Waals surface area contributed by atoms with Crippen LogP contribution in [0.15, 0.2) is 29.6 Å². The van der Waals surface area contributed by atoms with Crippen molar-refractivity contribution in [2.24, 2.45) is 13.0 Å². The number of hydrogen-bond donors (Lipinski definition) is 1. The van der Waals surface area contributed by atoms with Crippen LogP contribution in [0.3, 0.4) is 0 Å². The molecule has 17 heteroatoms. The van der Waals surface area contributed by atoms with Crippen LogP contribution in [0.1, 0.15) is 29.5 Å². The second-order valence-corrected chi connectivity index (χ2v) is 10.9. The summed E-state index contributed by atoms with van der Waals surface area (Å²) >= 11 is 0. The SMILES string of the molecule is CCS(=O)(=O)c1nn2c(C(=O)NC3CC3C(F)(F)F)ccnc2c1-c1nc2cc(C(F)(F)F)ncc2n1C. The van der Waals surface area contributed by atoms with Crippen LogP contribution in [0.4, 0.5) is 26.3 Å². The van der Waals surface area contributed by atoms with Crippen LogP contribution in [-0.4, -0.2) is 61.4 Å². The summed E-state index contributed by atoms with van der Waals surface area (Å²) in [6.07, 6.45) is -7.44. The number of amides is 1. The predicted octanol–water partition coefficient (Wildman–Crippen LogP) is 3.17. The highest BCUT2D eigenvalue weighted by Gasteiger charge is 2.56. The number of nitrogens with zero attached hydrogens (tertiary/aromatic N) is 6. The highest BCUT2D eigenvalue weighted by atomic mass is 32.2. The fourth-order valence-electron chi connectivity index (χ4n) is 4.07. The Morgan fingerprint density at radius 1 is 1.18 bits per heavy atom. The van der Waals surface area contributed by atoms with Crippen molar-refractivity contribution in [3.63, 3.8) is 0 Å². The van der Waals surface area contributed by atoms with E-state index < -0.39 is 56.5 Å². The molecule has 4 heterocycles. The monoisotopic (exact) mass is 561 g/mol. The molecule has 4 aromatic rings. The van der Waals surface area contributed by atoms with Crippen LogP contribution in [0.2, 0.25) is 0 Å². The minimum atomic E-state index is -4.75. The molecule has 0 spiro atoms. The Labute approximate surface area is 209 Å². The lowest BCUT2D eigenvalue weighted by Gasteiger charge is -2.08. The molecule has 0 bridgehead atoms. The smallest absolute Gasteiger partial charge is 0.347 e. The summed E-state index contributed by atoms with van der Waals surface area (Å²) in [7, 11) is -2.68. The van der Waals surface area contributed by atoms with E-state index in [0.717, 1.165) is 23.0 Å². The summed E-state index contributed by atoms with van der Waals surface area (Å²) in [5.41, 5.74) is -1.85. The van der Waals surface area contributed by atoms with E-state index in [2.05, 4.69) is 25.4 Å². The first kappa shape index (κ1) is 25.9. The Bertz CT molecular complexity index is 1710. The number of sulfone groups is 1. The molecule has 202 valence electrons. The quantitative estimate of drug-likeness (QED) is 0.371. The number of halogens is 6. The van der Waals surface area contributed by atoms with Gasteiger partial charge in [-0.05, 0) is 18.6 Å². The maximum absolute atomic E-state index is 13.2. The van der Waals surface area contributed by atoms with Gasteiger partial charge in [-0.25, -0.2) is 27.9 Å². The molecule has 4 aromatic heterocycles. The fourth-order valence-corrected chi connectivity index (χ4v) is 5.05.